The van der Waals surface area contributed by atoms with Gasteiger partial charge in [-0.25, -0.2) is 4.79 Å². The molecule has 0 saturated carbocycles. The highest BCUT2D eigenvalue weighted by molar-refractivity contribution is 5.69. The van der Waals surface area contributed by atoms with Crippen LogP contribution in [0.1, 0.15) is 39.5 Å². The fourth-order valence-electron chi connectivity index (χ4n) is 2.03. The molecule has 0 bridgehead atoms. The molecule has 0 aliphatic carbocycles. The van der Waals surface area contributed by atoms with Crippen molar-refractivity contribution in [3.63, 3.8) is 0 Å². The zero-order valence-corrected chi connectivity index (χ0v) is 12.0. The van der Waals surface area contributed by atoms with E-state index in [1.165, 1.54) is 0 Å². The largest absolute Gasteiger partial charge is 0.468 e. The van der Waals surface area contributed by atoms with Crippen LogP contribution in [0.4, 0.5) is 4.79 Å². The van der Waals surface area contributed by atoms with Crippen LogP contribution in [0.15, 0.2) is 22.8 Å². The van der Waals surface area contributed by atoms with Crippen LogP contribution in [0, 0.1) is 0 Å². The molecule has 5 heteroatoms. The Morgan fingerprint density at radius 2 is 2.21 bits per heavy atom. The fourth-order valence-corrected chi connectivity index (χ4v) is 2.03. The molecule has 2 heterocycles. The highest BCUT2D eigenvalue weighted by Crippen LogP contribution is 2.19. The summed E-state index contributed by atoms with van der Waals surface area (Å²) < 4.78 is 10.6. The minimum atomic E-state index is -0.433. The molecule has 2 rings (SSSR count). The Morgan fingerprint density at radius 3 is 2.74 bits per heavy atom. The van der Waals surface area contributed by atoms with Crippen molar-refractivity contribution in [3.05, 3.63) is 24.2 Å². The molecule has 1 atom stereocenters. The predicted molar refractivity (Wildman–Crippen MR) is 71.9 cm³/mol. The first-order valence-corrected chi connectivity index (χ1v) is 6.62. The number of carbonyl (C=O) groups excluding carboxylic acids is 1. The van der Waals surface area contributed by atoms with Gasteiger partial charge in [-0.05, 0) is 39.8 Å². The van der Waals surface area contributed by atoms with Gasteiger partial charge in [-0.1, -0.05) is 0 Å². The van der Waals surface area contributed by atoms with Crippen LogP contribution < -0.4 is 5.32 Å². The minimum absolute atomic E-state index is 0.154. The summed E-state index contributed by atoms with van der Waals surface area (Å²) in [4.78, 5) is 13.5. The molecule has 0 aromatic carbocycles. The van der Waals surface area contributed by atoms with Gasteiger partial charge in [0.25, 0.3) is 0 Å². The summed E-state index contributed by atoms with van der Waals surface area (Å²) in [5.41, 5.74) is -0.433. The summed E-state index contributed by atoms with van der Waals surface area (Å²) in [6.07, 6.45) is 1.43. The number of ether oxygens (including phenoxy) is 1. The van der Waals surface area contributed by atoms with Gasteiger partial charge in [-0.15, -0.1) is 0 Å². The maximum atomic E-state index is 11.8. The number of carbonyl (C=O) groups is 1. The van der Waals surface area contributed by atoms with Gasteiger partial charge >= 0.3 is 6.09 Å². The predicted octanol–water partition coefficient (Wildman–Crippen LogP) is 2.55. The maximum Gasteiger partial charge on any atom is 0.410 e. The van der Waals surface area contributed by atoms with E-state index in [1.807, 2.05) is 32.9 Å². The summed E-state index contributed by atoms with van der Waals surface area (Å²) in [6, 6.07) is 4.27. The van der Waals surface area contributed by atoms with Gasteiger partial charge in [0, 0.05) is 19.1 Å². The first-order chi connectivity index (χ1) is 8.85. The van der Waals surface area contributed by atoms with Crippen molar-refractivity contribution in [3.8, 4) is 0 Å². The van der Waals surface area contributed by atoms with Crippen molar-refractivity contribution in [2.75, 3.05) is 13.1 Å². The van der Waals surface area contributed by atoms with E-state index in [0.29, 0.717) is 19.1 Å². The van der Waals surface area contributed by atoms with Crippen molar-refractivity contribution in [1.29, 1.82) is 0 Å². The average Bonchev–Trinajstić information content (AvgIpc) is 2.72. The van der Waals surface area contributed by atoms with E-state index >= 15 is 0 Å². The number of nitrogens with zero attached hydrogens (tertiary/aromatic N) is 1. The Hall–Kier alpha value is -1.49. The van der Waals surface area contributed by atoms with Crippen LogP contribution in [0.5, 0.6) is 0 Å². The highest BCUT2D eigenvalue weighted by atomic mass is 16.6. The molecular weight excluding hydrogens is 244 g/mol. The summed E-state index contributed by atoms with van der Waals surface area (Å²) in [5, 5.41) is 3.42. The smallest absolute Gasteiger partial charge is 0.410 e. The molecule has 5 nitrogen and oxygen atoms in total. The summed E-state index contributed by atoms with van der Waals surface area (Å²) in [6.45, 7) is 9.03. The molecule has 1 unspecified atom stereocenters. The fraction of sp³-hybridized carbons (Fsp3) is 0.643. The van der Waals surface area contributed by atoms with Crippen molar-refractivity contribution in [1.82, 2.24) is 10.2 Å². The van der Waals surface area contributed by atoms with Crippen molar-refractivity contribution in [2.45, 2.75) is 45.4 Å². The molecule has 1 amide bonds. The lowest BCUT2D eigenvalue weighted by molar-refractivity contribution is 0.00412. The summed E-state index contributed by atoms with van der Waals surface area (Å²) >= 11 is 0. The third-order valence-corrected chi connectivity index (χ3v) is 2.99. The van der Waals surface area contributed by atoms with E-state index < -0.39 is 5.60 Å². The van der Waals surface area contributed by atoms with Crippen LogP contribution >= 0.6 is 0 Å². The summed E-state index contributed by atoms with van der Waals surface area (Å²) in [5.74, 6) is 0.913. The SMILES string of the molecule is CC(NC1CN(C(=O)OC(C)(C)C)C1)c1ccco1. The van der Waals surface area contributed by atoms with E-state index in [9.17, 15) is 4.79 Å². The van der Waals surface area contributed by atoms with Crippen molar-refractivity contribution < 1.29 is 13.9 Å². The highest BCUT2D eigenvalue weighted by Gasteiger charge is 2.34. The lowest BCUT2D eigenvalue weighted by Gasteiger charge is -2.41. The molecule has 1 aromatic heterocycles. The van der Waals surface area contributed by atoms with Gasteiger partial charge in [-0.3, -0.25) is 0 Å². The van der Waals surface area contributed by atoms with Crippen LogP contribution in [-0.2, 0) is 4.74 Å². The lowest BCUT2D eigenvalue weighted by atomic mass is 10.1. The molecule has 1 aliphatic heterocycles. The Labute approximate surface area is 113 Å². The van der Waals surface area contributed by atoms with Crippen molar-refractivity contribution in [2.24, 2.45) is 0 Å². The molecule has 0 radical (unpaired) electrons. The van der Waals surface area contributed by atoms with E-state index in [-0.39, 0.29) is 12.1 Å². The molecule has 1 aliphatic rings. The maximum absolute atomic E-state index is 11.8. The second-order valence-corrected chi connectivity index (χ2v) is 5.99. The topological polar surface area (TPSA) is 54.7 Å². The van der Waals surface area contributed by atoms with Gasteiger partial charge in [0.15, 0.2) is 0 Å². The quantitative estimate of drug-likeness (QED) is 0.913. The zero-order chi connectivity index (χ0) is 14.0. The Kier molecular flexibility index (Phi) is 3.85. The summed E-state index contributed by atoms with van der Waals surface area (Å²) in [7, 11) is 0. The lowest BCUT2D eigenvalue weighted by Crippen LogP contribution is -2.60. The molecule has 1 saturated heterocycles. The molecule has 1 aromatic rings. The second-order valence-electron chi connectivity index (χ2n) is 5.99. The third-order valence-electron chi connectivity index (χ3n) is 2.99. The average molecular weight is 266 g/mol. The van der Waals surface area contributed by atoms with Crippen LogP contribution in [-0.4, -0.2) is 35.7 Å². The normalized spacial score (nSPS) is 18.0. The zero-order valence-electron chi connectivity index (χ0n) is 12.0. The molecule has 1 N–H and O–H groups in total. The first kappa shape index (κ1) is 13.9. The van der Waals surface area contributed by atoms with Gasteiger partial charge in [0.05, 0.1) is 12.3 Å². The first-order valence-electron chi connectivity index (χ1n) is 6.62. The third kappa shape index (κ3) is 3.73. The second kappa shape index (κ2) is 5.25. The number of likely N-dealkylation sites (tertiary alicyclic amines) is 1. The molecule has 106 valence electrons. The van der Waals surface area contributed by atoms with E-state index in [4.69, 9.17) is 9.15 Å². The Balaban J connectivity index is 1.73. The molecule has 1 fully saturated rings. The van der Waals surface area contributed by atoms with Crippen molar-refractivity contribution >= 4 is 6.09 Å². The standard InChI is InChI=1S/C14H22N2O3/c1-10(12-6-5-7-18-12)15-11-8-16(9-11)13(17)19-14(2,3)4/h5-7,10-11,15H,8-9H2,1-4H3. The van der Waals surface area contributed by atoms with E-state index in [1.54, 1.807) is 11.2 Å². The monoisotopic (exact) mass is 266 g/mol. The number of hydrogen-bond donors (Lipinski definition) is 1. The number of nitrogens with one attached hydrogen (secondary N) is 1. The van der Waals surface area contributed by atoms with Crippen LogP contribution in [0.25, 0.3) is 0 Å². The minimum Gasteiger partial charge on any atom is -0.468 e. The van der Waals surface area contributed by atoms with Gasteiger partial charge in [0.1, 0.15) is 11.4 Å². The van der Waals surface area contributed by atoms with Crippen LogP contribution in [0.3, 0.4) is 0 Å². The number of hydrogen-bond acceptors (Lipinski definition) is 4. The van der Waals surface area contributed by atoms with Gasteiger partial charge < -0.3 is 19.4 Å². The Bertz CT molecular complexity index is 416. The molecular formula is C14H22N2O3. The van der Waals surface area contributed by atoms with Gasteiger partial charge in [0.2, 0.25) is 0 Å². The number of rotatable bonds is 3. The van der Waals surface area contributed by atoms with Crippen LogP contribution in [0.2, 0.25) is 0 Å². The van der Waals surface area contributed by atoms with Gasteiger partial charge in [-0.2, -0.15) is 0 Å². The number of amides is 1. The van der Waals surface area contributed by atoms with E-state index in [0.717, 1.165) is 5.76 Å². The molecule has 19 heavy (non-hydrogen) atoms. The Morgan fingerprint density at radius 1 is 1.53 bits per heavy atom. The molecule has 0 spiro atoms. The van der Waals surface area contributed by atoms with E-state index in [2.05, 4.69) is 12.2 Å². The number of furan rings is 1.